The van der Waals surface area contributed by atoms with Crippen LogP contribution in [0.5, 0.6) is 0 Å². The highest BCUT2D eigenvalue weighted by molar-refractivity contribution is 9.10. The van der Waals surface area contributed by atoms with Crippen molar-refractivity contribution in [3.8, 4) is 11.4 Å². The number of nitrogens with zero attached hydrogens (tertiary/aromatic N) is 3. The van der Waals surface area contributed by atoms with Crippen LogP contribution in [0.15, 0.2) is 57.5 Å². The Hall–Kier alpha value is -2.47. The fraction of sp³-hybridized carbons (Fsp3) is 0.286. The van der Waals surface area contributed by atoms with E-state index in [4.69, 9.17) is 4.52 Å². The lowest BCUT2D eigenvalue weighted by molar-refractivity contribution is -0.117. The fourth-order valence-corrected chi connectivity index (χ4v) is 3.54. The second-order valence-corrected chi connectivity index (χ2v) is 8.03. The molecule has 4 rings (SSSR count). The molecule has 0 spiro atoms. The highest BCUT2D eigenvalue weighted by Gasteiger charge is 2.35. The van der Waals surface area contributed by atoms with E-state index < -0.39 is 0 Å². The second kappa shape index (κ2) is 7.27. The van der Waals surface area contributed by atoms with Gasteiger partial charge < -0.3 is 9.42 Å². The van der Waals surface area contributed by atoms with Crippen LogP contribution in [0, 0.1) is 0 Å². The molecule has 2 heterocycles. The SMILES string of the molecule is CC(C)c1ccc(N2C[C@H](c3nc(-c4ccc(Br)cc4)no3)CC2=O)cc1. The average Bonchev–Trinajstić information content (AvgIpc) is 3.29. The van der Waals surface area contributed by atoms with Crippen molar-refractivity contribution in [2.24, 2.45) is 0 Å². The van der Waals surface area contributed by atoms with Crippen molar-refractivity contribution in [1.29, 1.82) is 0 Å². The summed E-state index contributed by atoms with van der Waals surface area (Å²) in [5, 5.41) is 4.08. The molecule has 0 N–H and O–H groups in total. The van der Waals surface area contributed by atoms with Crippen LogP contribution in [0.3, 0.4) is 0 Å². The van der Waals surface area contributed by atoms with E-state index in [1.165, 1.54) is 5.56 Å². The van der Waals surface area contributed by atoms with Crippen molar-refractivity contribution in [3.05, 3.63) is 64.5 Å². The van der Waals surface area contributed by atoms with E-state index in [0.29, 0.717) is 30.6 Å². The van der Waals surface area contributed by atoms with Crippen molar-refractivity contribution in [3.63, 3.8) is 0 Å². The summed E-state index contributed by atoms with van der Waals surface area (Å²) in [6.45, 7) is 4.87. The Bertz CT molecular complexity index is 948. The van der Waals surface area contributed by atoms with Gasteiger partial charge in [0.15, 0.2) is 0 Å². The minimum absolute atomic E-state index is 0.0840. The van der Waals surface area contributed by atoms with E-state index >= 15 is 0 Å². The van der Waals surface area contributed by atoms with Crippen LogP contribution in [0.25, 0.3) is 11.4 Å². The standard InChI is InChI=1S/C21H20BrN3O2/c1-13(2)14-5-9-18(10-6-14)25-12-16(11-19(25)26)21-23-20(24-27-21)15-3-7-17(22)8-4-15/h3-10,13,16H,11-12H2,1-2H3/t16-/m1/s1. The Morgan fingerprint density at radius 1 is 1.11 bits per heavy atom. The van der Waals surface area contributed by atoms with Crippen molar-refractivity contribution >= 4 is 27.5 Å². The van der Waals surface area contributed by atoms with Crippen molar-refractivity contribution < 1.29 is 9.32 Å². The number of aromatic nitrogens is 2. The van der Waals surface area contributed by atoms with Crippen LogP contribution in [-0.4, -0.2) is 22.6 Å². The first kappa shape index (κ1) is 17.9. The summed E-state index contributed by atoms with van der Waals surface area (Å²) in [6.07, 6.45) is 0.383. The molecular weight excluding hydrogens is 406 g/mol. The molecule has 1 saturated heterocycles. The van der Waals surface area contributed by atoms with Gasteiger partial charge in [-0.25, -0.2) is 0 Å². The summed E-state index contributed by atoms with van der Waals surface area (Å²) in [5.41, 5.74) is 3.07. The molecule has 0 aliphatic carbocycles. The number of carbonyl (C=O) groups excluding carboxylic acids is 1. The molecule has 1 fully saturated rings. The fourth-order valence-electron chi connectivity index (χ4n) is 3.28. The molecule has 1 amide bonds. The van der Waals surface area contributed by atoms with Gasteiger partial charge in [0.25, 0.3) is 0 Å². The van der Waals surface area contributed by atoms with E-state index in [2.05, 4.69) is 52.1 Å². The molecule has 138 valence electrons. The molecule has 3 aromatic rings. The Morgan fingerprint density at radius 3 is 2.48 bits per heavy atom. The molecule has 1 aliphatic heterocycles. The molecule has 1 aromatic heterocycles. The zero-order chi connectivity index (χ0) is 19.0. The first-order valence-electron chi connectivity index (χ1n) is 9.01. The first-order chi connectivity index (χ1) is 13.0. The van der Waals surface area contributed by atoms with Gasteiger partial charge in [0.2, 0.25) is 17.6 Å². The lowest BCUT2D eigenvalue weighted by Crippen LogP contribution is -2.24. The molecule has 1 aliphatic rings. The van der Waals surface area contributed by atoms with E-state index in [-0.39, 0.29) is 11.8 Å². The monoisotopic (exact) mass is 425 g/mol. The minimum Gasteiger partial charge on any atom is -0.339 e. The average molecular weight is 426 g/mol. The van der Waals surface area contributed by atoms with E-state index in [1.807, 2.05) is 36.4 Å². The smallest absolute Gasteiger partial charge is 0.232 e. The van der Waals surface area contributed by atoms with Crippen LogP contribution in [0.4, 0.5) is 5.69 Å². The quantitative estimate of drug-likeness (QED) is 0.580. The number of amides is 1. The zero-order valence-corrected chi connectivity index (χ0v) is 16.8. The summed E-state index contributed by atoms with van der Waals surface area (Å²) >= 11 is 3.42. The van der Waals surface area contributed by atoms with Gasteiger partial charge in [0, 0.05) is 28.7 Å². The molecule has 0 saturated carbocycles. The summed E-state index contributed by atoms with van der Waals surface area (Å²) in [6, 6.07) is 15.9. The Balaban J connectivity index is 1.51. The van der Waals surface area contributed by atoms with E-state index in [1.54, 1.807) is 4.90 Å². The highest BCUT2D eigenvalue weighted by Crippen LogP contribution is 2.32. The number of halogens is 1. The normalized spacial score (nSPS) is 17.1. The third kappa shape index (κ3) is 3.67. The van der Waals surface area contributed by atoms with Gasteiger partial charge in [0.1, 0.15) is 0 Å². The van der Waals surface area contributed by atoms with Gasteiger partial charge in [-0.2, -0.15) is 4.98 Å². The number of rotatable bonds is 4. The predicted octanol–water partition coefficient (Wildman–Crippen LogP) is 5.14. The van der Waals surface area contributed by atoms with Gasteiger partial charge in [-0.3, -0.25) is 4.79 Å². The Kier molecular flexibility index (Phi) is 4.83. The molecule has 6 heteroatoms. The number of benzene rings is 2. The summed E-state index contributed by atoms with van der Waals surface area (Å²) < 4.78 is 6.46. The Morgan fingerprint density at radius 2 is 1.81 bits per heavy atom. The maximum absolute atomic E-state index is 12.5. The predicted molar refractivity (Wildman–Crippen MR) is 108 cm³/mol. The van der Waals surface area contributed by atoms with E-state index in [9.17, 15) is 4.79 Å². The van der Waals surface area contributed by atoms with Gasteiger partial charge in [-0.05, 0) is 47.9 Å². The van der Waals surface area contributed by atoms with Crippen molar-refractivity contribution in [2.45, 2.75) is 32.1 Å². The highest BCUT2D eigenvalue weighted by atomic mass is 79.9. The van der Waals surface area contributed by atoms with Crippen LogP contribution >= 0.6 is 15.9 Å². The van der Waals surface area contributed by atoms with Crippen LogP contribution < -0.4 is 4.90 Å². The second-order valence-electron chi connectivity index (χ2n) is 7.11. The first-order valence-corrected chi connectivity index (χ1v) is 9.80. The number of carbonyl (C=O) groups is 1. The minimum atomic E-state index is -0.0843. The third-order valence-corrected chi connectivity index (χ3v) is 5.42. The van der Waals surface area contributed by atoms with Crippen LogP contribution in [-0.2, 0) is 4.79 Å². The van der Waals surface area contributed by atoms with Gasteiger partial charge in [-0.15, -0.1) is 0 Å². The molecule has 2 aromatic carbocycles. The molecule has 0 bridgehead atoms. The molecule has 1 atom stereocenters. The van der Waals surface area contributed by atoms with E-state index in [0.717, 1.165) is 15.7 Å². The third-order valence-electron chi connectivity index (χ3n) is 4.89. The Labute approximate surface area is 166 Å². The summed E-state index contributed by atoms with van der Waals surface area (Å²) in [5.74, 6) is 1.53. The zero-order valence-electron chi connectivity index (χ0n) is 15.2. The lowest BCUT2D eigenvalue weighted by Gasteiger charge is -2.17. The number of anilines is 1. The lowest BCUT2D eigenvalue weighted by atomic mass is 10.0. The molecule has 5 nitrogen and oxygen atoms in total. The van der Waals surface area contributed by atoms with Gasteiger partial charge in [0.05, 0.1) is 5.92 Å². The number of hydrogen-bond donors (Lipinski definition) is 0. The van der Waals surface area contributed by atoms with Gasteiger partial charge >= 0.3 is 0 Å². The maximum atomic E-state index is 12.5. The molecular formula is C21H20BrN3O2. The molecule has 0 radical (unpaired) electrons. The van der Waals surface area contributed by atoms with Crippen molar-refractivity contribution in [1.82, 2.24) is 10.1 Å². The largest absolute Gasteiger partial charge is 0.339 e. The molecule has 0 unspecified atom stereocenters. The topological polar surface area (TPSA) is 59.2 Å². The molecule has 27 heavy (non-hydrogen) atoms. The summed E-state index contributed by atoms with van der Waals surface area (Å²) in [7, 11) is 0. The maximum Gasteiger partial charge on any atom is 0.232 e. The number of hydrogen-bond acceptors (Lipinski definition) is 4. The van der Waals surface area contributed by atoms with Crippen LogP contribution in [0.1, 0.15) is 43.6 Å². The van der Waals surface area contributed by atoms with Crippen LogP contribution in [0.2, 0.25) is 0 Å². The van der Waals surface area contributed by atoms with Gasteiger partial charge in [-0.1, -0.05) is 47.1 Å². The summed E-state index contributed by atoms with van der Waals surface area (Å²) in [4.78, 5) is 18.8. The van der Waals surface area contributed by atoms with Crippen molar-refractivity contribution in [2.75, 3.05) is 11.4 Å².